The van der Waals surface area contributed by atoms with E-state index in [2.05, 4.69) is 28.4 Å². The molecular formula is C15H22N2O. The second-order valence-electron chi connectivity index (χ2n) is 5.31. The van der Waals surface area contributed by atoms with E-state index >= 15 is 0 Å². The van der Waals surface area contributed by atoms with Crippen LogP contribution in [0.3, 0.4) is 0 Å². The zero-order chi connectivity index (χ0) is 12.4. The average molecular weight is 246 g/mol. The third-order valence-electron chi connectivity index (χ3n) is 4.20. The first-order chi connectivity index (χ1) is 8.88. The van der Waals surface area contributed by atoms with Crippen molar-refractivity contribution in [3.8, 4) is 5.75 Å². The van der Waals surface area contributed by atoms with E-state index in [1.54, 1.807) is 7.11 Å². The molecule has 1 fully saturated rings. The van der Waals surface area contributed by atoms with Crippen molar-refractivity contribution in [2.24, 2.45) is 0 Å². The van der Waals surface area contributed by atoms with E-state index in [-0.39, 0.29) is 0 Å². The van der Waals surface area contributed by atoms with Crippen LogP contribution >= 0.6 is 0 Å². The number of rotatable bonds is 2. The van der Waals surface area contributed by atoms with Crippen LogP contribution in [-0.4, -0.2) is 31.6 Å². The molecule has 18 heavy (non-hydrogen) atoms. The molecule has 1 saturated heterocycles. The molecule has 98 valence electrons. The van der Waals surface area contributed by atoms with Gasteiger partial charge >= 0.3 is 0 Å². The van der Waals surface area contributed by atoms with Crippen molar-refractivity contribution in [3.05, 3.63) is 29.3 Å². The normalized spacial score (nSPS) is 24.6. The quantitative estimate of drug-likeness (QED) is 0.866. The van der Waals surface area contributed by atoms with E-state index in [4.69, 9.17) is 4.74 Å². The van der Waals surface area contributed by atoms with Crippen molar-refractivity contribution >= 4 is 0 Å². The molecule has 0 spiro atoms. The Morgan fingerprint density at radius 3 is 2.83 bits per heavy atom. The second kappa shape index (κ2) is 5.29. The number of benzene rings is 1. The number of nitrogens with zero attached hydrogens (tertiary/aromatic N) is 1. The fraction of sp³-hybridized carbons (Fsp3) is 0.600. The Morgan fingerprint density at radius 1 is 1.22 bits per heavy atom. The lowest BCUT2D eigenvalue weighted by Crippen LogP contribution is -2.42. The summed E-state index contributed by atoms with van der Waals surface area (Å²) in [5.41, 5.74) is 2.90. The minimum atomic E-state index is 0.532. The van der Waals surface area contributed by atoms with Crippen molar-refractivity contribution < 1.29 is 4.74 Å². The van der Waals surface area contributed by atoms with E-state index in [0.29, 0.717) is 6.04 Å². The number of methoxy groups -OCH3 is 1. The molecule has 1 aromatic rings. The highest BCUT2D eigenvalue weighted by atomic mass is 16.5. The summed E-state index contributed by atoms with van der Waals surface area (Å²) in [6.45, 7) is 4.54. The zero-order valence-corrected chi connectivity index (χ0v) is 11.1. The monoisotopic (exact) mass is 246 g/mol. The maximum Gasteiger partial charge on any atom is 0.119 e. The molecule has 0 unspecified atom stereocenters. The fourth-order valence-electron chi connectivity index (χ4n) is 3.18. The SMILES string of the molecule is COc1ccc2c(c1)[C@H](N1CCCCC1)CNC2. The summed E-state index contributed by atoms with van der Waals surface area (Å²) in [6.07, 6.45) is 4.08. The number of hydrogen-bond donors (Lipinski definition) is 1. The van der Waals surface area contributed by atoms with Gasteiger partial charge in [-0.05, 0) is 49.2 Å². The van der Waals surface area contributed by atoms with Crippen LogP contribution in [0.1, 0.15) is 36.4 Å². The molecule has 2 aliphatic rings. The number of ether oxygens (including phenoxy) is 1. The van der Waals surface area contributed by atoms with Gasteiger partial charge in [0.05, 0.1) is 7.11 Å². The standard InChI is InChI=1S/C15H22N2O/c1-18-13-6-5-12-10-16-11-15(14(12)9-13)17-7-3-2-4-8-17/h5-6,9,15-16H,2-4,7-8,10-11H2,1H3/t15-/m1/s1. The molecule has 1 aromatic carbocycles. The van der Waals surface area contributed by atoms with Gasteiger partial charge in [0.15, 0.2) is 0 Å². The van der Waals surface area contributed by atoms with Gasteiger partial charge in [-0.2, -0.15) is 0 Å². The molecule has 2 heterocycles. The van der Waals surface area contributed by atoms with Gasteiger partial charge in [-0.3, -0.25) is 4.90 Å². The van der Waals surface area contributed by atoms with Gasteiger partial charge in [0.2, 0.25) is 0 Å². The Balaban J connectivity index is 1.89. The van der Waals surface area contributed by atoms with Crippen LogP contribution in [0.2, 0.25) is 0 Å². The third kappa shape index (κ3) is 2.25. The van der Waals surface area contributed by atoms with Crippen LogP contribution < -0.4 is 10.1 Å². The van der Waals surface area contributed by atoms with E-state index in [1.807, 2.05) is 0 Å². The number of hydrogen-bond acceptors (Lipinski definition) is 3. The summed E-state index contributed by atoms with van der Waals surface area (Å²) in [5.74, 6) is 0.984. The predicted octanol–water partition coefficient (Wildman–Crippen LogP) is 2.33. The van der Waals surface area contributed by atoms with Crippen LogP contribution in [0.25, 0.3) is 0 Å². The molecule has 2 aliphatic heterocycles. The summed E-state index contributed by atoms with van der Waals surface area (Å²) in [4.78, 5) is 2.63. The molecular weight excluding hydrogens is 224 g/mol. The molecule has 0 bridgehead atoms. The number of nitrogens with one attached hydrogen (secondary N) is 1. The maximum atomic E-state index is 5.38. The lowest BCUT2D eigenvalue weighted by molar-refractivity contribution is 0.154. The van der Waals surface area contributed by atoms with Crippen molar-refractivity contribution in [1.29, 1.82) is 0 Å². The lowest BCUT2D eigenvalue weighted by Gasteiger charge is -2.38. The molecule has 0 aliphatic carbocycles. The summed E-state index contributed by atoms with van der Waals surface area (Å²) in [6, 6.07) is 7.04. The summed E-state index contributed by atoms with van der Waals surface area (Å²) >= 11 is 0. The van der Waals surface area contributed by atoms with Crippen molar-refractivity contribution in [2.45, 2.75) is 31.8 Å². The molecule has 3 nitrogen and oxygen atoms in total. The van der Waals surface area contributed by atoms with Gasteiger partial charge in [0, 0.05) is 19.1 Å². The van der Waals surface area contributed by atoms with Gasteiger partial charge in [0.1, 0.15) is 5.75 Å². The Hall–Kier alpha value is -1.06. The highest BCUT2D eigenvalue weighted by Gasteiger charge is 2.27. The van der Waals surface area contributed by atoms with Gasteiger partial charge in [-0.25, -0.2) is 0 Å². The summed E-state index contributed by atoms with van der Waals surface area (Å²) in [7, 11) is 1.75. The second-order valence-corrected chi connectivity index (χ2v) is 5.31. The Bertz CT molecular complexity index is 413. The molecule has 3 heteroatoms. The molecule has 0 aromatic heterocycles. The average Bonchev–Trinajstić information content (AvgIpc) is 2.47. The number of likely N-dealkylation sites (tertiary alicyclic amines) is 1. The first kappa shape index (κ1) is 12.0. The molecule has 1 atom stereocenters. The Labute approximate surface area is 109 Å². The molecule has 0 amide bonds. The van der Waals surface area contributed by atoms with E-state index < -0.39 is 0 Å². The maximum absolute atomic E-state index is 5.38. The van der Waals surface area contributed by atoms with Crippen LogP contribution in [0.4, 0.5) is 0 Å². The van der Waals surface area contributed by atoms with Crippen LogP contribution in [-0.2, 0) is 6.54 Å². The minimum absolute atomic E-state index is 0.532. The van der Waals surface area contributed by atoms with Crippen molar-refractivity contribution in [2.75, 3.05) is 26.7 Å². The highest BCUT2D eigenvalue weighted by Crippen LogP contribution is 2.31. The first-order valence-corrected chi connectivity index (χ1v) is 7.00. The van der Waals surface area contributed by atoms with E-state index in [9.17, 15) is 0 Å². The largest absolute Gasteiger partial charge is 0.497 e. The topological polar surface area (TPSA) is 24.5 Å². The fourth-order valence-corrected chi connectivity index (χ4v) is 3.18. The molecule has 3 rings (SSSR count). The Kier molecular flexibility index (Phi) is 3.52. The predicted molar refractivity (Wildman–Crippen MR) is 72.9 cm³/mol. The number of piperidine rings is 1. The van der Waals surface area contributed by atoms with E-state index in [1.165, 1.54) is 43.5 Å². The van der Waals surface area contributed by atoms with Gasteiger partial charge in [-0.15, -0.1) is 0 Å². The molecule has 0 saturated carbocycles. The Morgan fingerprint density at radius 2 is 2.06 bits per heavy atom. The van der Waals surface area contributed by atoms with Crippen molar-refractivity contribution in [1.82, 2.24) is 10.2 Å². The van der Waals surface area contributed by atoms with Crippen LogP contribution in [0.5, 0.6) is 5.75 Å². The van der Waals surface area contributed by atoms with Crippen molar-refractivity contribution in [3.63, 3.8) is 0 Å². The van der Waals surface area contributed by atoms with Gasteiger partial charge < -0.3 is 10.1 Å². The minimum Gasteiger partial charge on any atom is -0.497 e. The number of fused-ring (bicyclic) bond motifs is 1. The smallest absolute Gasteiger partial charge is 0.119 e. The summed E-state index contributed by atoms with van der Waals surface area (Å²) in [5, 5.41) is 3.54. The van der Waals surface area contributed by atoms with E-state index in [0.717, 1.165) is 18.8 Å². The van der Waals surface area contributed by atoms with Gasteiger partial charge in [0.25, 0.3) is 0 Å². The third-order valence-corrected chi connectivity index (χ3v) is 4.20. The highest BCUT2D eigenvalue weighted by molar-refractivity contribution is 5.39. The van der Waals surface area contributed by atoms with Gasteiger partial charge in [-0.1, -0.05) is 12.5 Å². The molecule has 0 radical (unpaired) electrons. The first-order valence-electron chi connectivity index (χ1n) is 7.00. The summed E-state index contributed by atoms with van der Waals surface area (Å²) < 4.78 is 5.38. The van der Waals surface area contributed by atoms with Crippen LogP contribution in [0, 0.1) is 0 Å². The lowest BCUT2D eigenvalue weighted by atomic mass is 9.93. The molecule has 1 N–H and O–H groups in total. The van der Waals surface area contributed by atoms with Crippen LogP contribution in [0.15, 0.2) is 18.2 Å². The zero-order valence-electron chi connectivity index (χ0n) is 11.1.